The van der Waals surface area contributed by atoms with Gasteiger partial charge in [-0.25, -0.2) is 0 Å². The fraction of sp³-hybridized carbons (Fsp3) is 0.588. The third-order valence-corrected chi connectivity index (χ3v) is 4.37. The van der Waals surface area contributed by atoms with Crippen molar-refractivity contribution in [2.45, 2.75) is 46.1 Å². The fourth-order valence-electron chi connectivity index (χ4n) is 3.02. The van der Waals surface area contributed by atoms with Gasteiger partial charge >= 0.3 is 5.97 Å². The van der Waals surface area contributed by atoms with Crippen LogP contribution in [0.4, 0.5) is 0 Å². The predicted octanol–water partition coefficient (Wildman–Crippen LogP) is 3.38. The van der Waals surface area contributed by atoms with Crippen LogP contribution < -0.4 is 0 Å². The summed E-state index contributed by atoms with van der Waals surface area (Å²) in [4.78, 5) is 13.1. The first-order valence-corrected chi connectivity index (χ1v) is 7.55. The molecular weight excluding hydrogens is 250 g/mol. The molecule has 0 aliphatic carbocycles. The minimum absolute atomic E-state index is 0.321. The van der Waals surface area contributed by atoms with Gasteiger partial charge in [0.15, 0.2) is 0 Å². The van der Waals surface area contributed by atoms with E-state index >= 15 is 0 Å². The zero-order valence-corrected chi connectivity index (χ0v) is 12.6. The standard InChI is InChI=1S/C17H25NO2/c1-13-3-5-16(14(2)11-13)12-18-9-7-15(8-10-18)4-6-17(19)20/h3,5,11,15H,4,6-10,12H2,1-2H3,(H,19,20). The minimum atomic E-state index is -0.664. The van der Waals surface area contributed by atoms with Crippen LogP contribution in [0.2, 0.25) is 0 Å². The monoisotopic (exact) mass is 275 g/mol. The Morgan fingerprint density at radius 3 is 2.60 bits per heavy atom. The van der Waals surface area contributed by atoms with E-state index in [2.05, 4.69) is 36.9 Å². The van der Waals surface area contributed by atoms with E-state index < -0.39 is 5.97 Å². The first kappa shape index (κ1) is 15.0. The first-order valence-electron chi connectivity index (χ1n) is 7.55. The largest absolute Gasteiger partial charge is 0.481 e. The van der Waals surface area contributed by atoms with Crippen molar-refractivity contribution in [1.29, 1.82) is 0 Å². The second-order valence-electron chi connectivity index (χ2n) is 6.08. The third kappa shape index (κ3) is 4.34. The average molecular weight is 275 g/mol. The molecule has 110 valence electrons. The van der Waals surface area contributed by atoms with Crippen LogP contribution in [0.5, 0.6) is 0 Å². The Balaban J connectivity index is 1.80. The van der Waals surface area contributed by atoms with Crippen molar-refractivity contribution in [3.8, 4) is 0 Å². The highest BCUT2D eigenvalue weighted by molar-refractivity contribution is 5.66. The molecule has 3 nitrogen and oxygen atoms in total. The number of piperidine rings is 1. The van der Waals surface area contributed by atoms with Crippen LogP contribution in [0.15, 0.2) is 18.2 Å². The highest BCUT2D eigenvalue weighted by Gasteiger charge is 2.20. The van der Waals surface area contributed by atoms with Crippen LogP contribution in [0.1, 0.15) is 42.4 Å². The Kier molecular flexibility index (Phi) is 5.18. The highest BCUT2D eigenvalue weighted by Crippen LogP contribution is 2.23. The molecule has 1 saturated heterocycles. The molecule has 0 atom stereocenters. The predicted molar refractivity (Wildman–Crippen MR) is 80.8 cm³/mol. The molecule has 0 amide bonds. The summed E-state index contributed by atoms with van der Waals surface area (Å²) in [5.74, 6) is -0.0656. The summed E-state index contributed by atoms with van der Waals surface area (Å²) in [5, 5.41) is 8.73. The van der Waals surface area contributed by atoms with Gasteiger partial charge in [0.25, 0.3) is 0 Å². The number of carbonyl (C=O) groups is 1. The van der Waals surface area contributed by atoms with E-state index in [4.69, 9.17) is 5.11 Å². The van der Waals surface area contributed by atoms with E-state index in [0.717, 1.165) is 38.9 Å². The molecule has 0 aromatic heterocycles. The number of aryl methyl sites for hydroxylation is 2. The lowest BCUT2D eigenvalue weighted by molar-refractivity contribution is -0.137. The zero-order valence-electron chi connectivity index (χ0n) is 12.6. The van der Waals surface area contributed by atoms with Gasteiger partial charge in [-0.05, 0) is 63.2 Å². The van der Waals surface area contributed by atoms with Crippen molar-refractivity contribution in [3.05, 3.63) is 34.9 Å². The summed E-state index contributed by atoms with van der Waals surface area (Å²) in [5.41, 5.74) is 4.11. The average Bonchev–Trinajstić information content (AvgIpc) is 2.41. The van der Waals surface area contributed by atoms with Crippen LogP contribution in [0.3, 0.4) is 0 Å². The second-order valence-corrected chi connectivity index (χ2v) is 6.08. The van der Waals surface area contributed by atoms with Gasteiger partial charge in [-0.1, -0.05) is 23.8 Å². The molecule has 20 heavy (non-hydrogen) atoms. The maximum absolute atomic E-state index is 10.6. The van der Waals surface area contributed by atoms with E-state index in [-0.39, 0.29) is 0 Å². The molecule has 0 radical (unpaired) electrons. The van der Waals surface area contributed by atoms with E-state index in [0.29, 0.717) is 12.3 Å². The summed E-state index contributed by atoms with van der Waals surface area (Å²) in [7, 11) is 0. The van der Waals surface area contributed by atoms with Crippen LogP contribution in [0.25, 0.3) is 0 Å². The molecule has 1 aromatic rings. The molecule has 1 heterocycles. The molecule has 1 aromatic carbocycles. The van der Waals surface area contributed by atoms with Gasteiger partial charge in [0.05, 0.1) is 0 Å². The number of hydrogen-bond donors (Lipinski definition) is 1. The SMILES string of the molecule is Cc1ccc(CN2CCC(CCC(=O)O)CC2)c(C)c1. The van der Waals surface area contributed by atoms with E-state index in [1.165, 1.54) is 16.7 Å². The Bertz CT molecular complexity index is 462. The van der Waals surface area contributed by atoms with Gasteiger partial charge in [0.2, 0.25) is 0 Å². The Morgan fingerprint density at radius 1 is 1.30 bits per heavy atom. The Hall–Kier alpha value is -1.35. The van der Waals surface area contributed by atoms with Crippen molar-refractivity contribution in [2.24, 2.45) is 5.92 Å². The van der Waals surface area contributed by atoms with Gasteiger partial charge in [-0.2, -0.15) is 0 Å². The van der Waals surface area contributed by atoms with Crippen molar-refractivity contribution in [2.75, 3.05) is 13.1 Å². The topological polar surface area (TPSA) is 40.5 Å². The van der Waals surface area contributed by atoms with Gasteiger partial charge < -0.3 is 5.11 Å². The van der Waals surface area contributed by atoms with Crippen molar-refractivity contribution in [3.63, 3.8) is 0 Å². The molecule has 2 rings (SSSR count). The summed E-state index contributed by atoms with van der Waals surface area (Å²) >= 11 is 0. The fourth-order valence-corrected chi connectivity index (χ4v) is 3.02. The molecule has 0 spiro atoms. The Morgan fingerprint density at radius 2 is 2.00 bits per heavy atom. The minimum Gasteiger partial charge on any atom is -0.481 e. The molecule has 1 N–H and O–H groups in total. The molecule has 0 bridgehead atoms. The lowest BCUT2D eigenvalue weighted by atomic mass is 9.92. The number of carboxylic acids is 1. The number of benzene rings is 1. The number of likely N-dealkylation sites (tertiary alicyclic amines) is 1. The van der Waals surface area contributed by atoms with Crippen LogP contribution in [0, 0.1) is 19.8 Å². The molecule has 1 fully saturated rings. The molecular formula is C17H25NO2. The normalized spacial score (nSPS) is 17.3. The Labute approximate surface area is 121 Å². The summed E-state index contributed by atoms with van der Waals surface area (Å²) in [6.45, 7) is 7.53. The van der Waals surface area contributed by atoms with E-state index in [9.17, 15) is 4.79 Å². The summed E-state index contributed by atoms with van der Waals surface area (Å²) < 4.78 is 0. The number of carboxylic acid groups (broad SMARTS) is 1. The molecule has 1 aliphatic rings. The number of hydrogen-bond acceptors (Lipinski definition) is 2. The smallest absolute Gasteiger partial charge is 0.303 e. The first-order chi connectivity index (χ1) is 9.54. The maximum atomic E-state index is 10.6. The van der Waals surface area contributed by atoms with Crippen LogP contribution in [-0.4, -0.2) is 29.1 Å². The van der Waals surface area contributed by atoms with Crippen molar-refractivity contribution in [1.82, 2.24) is 4.90 Å². The maximum Gasteiger partial charge on any atom is 0.303 e. The lowest BCUT2D eigenvalue weighted by Gasteiger charge is -2.32. The van der Waals surface area contributed by atoms with Crippen molar-refractivity contribution >= 4 is 5.97 Å². The molecule has 1 aliphatic heterocycles. The molecule has 3 heteroatoms. The summed E-state index contributed by atoms with van der Waals surface area (Å²) in [6.07, 6.45) is 3.44. The van der Waals surface area contributed by atoms with Crippen LogP contribution in [-0.2, 0) is 11.3 Å². The number of nitrogens with zero attached hydrogens (tertiary/aromatic N) is 1. The third-order valence-electron chi connectivity index (χ3n) is 4.37. The van der Waals surface area contributed by atoms with Gasteiger partial charge in [0, 0.05) is 13.0 Å². The highest BCUT2D eigenvalue weighted by atomic mass is 16.4. The number of aliphatic carboxylic acids is 1. The lowest BCUT2D eigenvalue weighted by Crippen LogP contribution is -2.33. The van der Waals surface area contributed by atoms with E-state index in [1.807, 2.05) is 0 Å². The van der Waals surface area contributed by atoms with Gasteiger partial charge in [0.1, 0.15) is 0 Å². The number of rotatable bonds is 5. The molecule has 0 saturated carbocycles. The molecule has 0 unspecified atom stereocenters. The van der Waals surface area contributed by atoms with Gasteiger partial charge in [-0.15, -0.1) is 0 Å². The van der Waals surface area contributed by atoms with E-state index in [1.54, 1.807) is 0 Å². The van der Waals surface area contributed by atoms with Crippen molar-refractivity contribution < 1.29 is 9.90 Å². The quantitative estimate of drug-likeness (QED) is 0.895. The zero-order chi connectivity index (χ0) is 14.5. The van der Waals surface area contributed by atoms with Crippen LogP contribution >= 0.6 is 0 Å². The second kappa shape index (κ2) is 6.89. The van der Waals surface area contributed by atoms with Gasteiger partial charge in [-0.3, -0.25) is 9.69 Å². The summed E-state index contributed by atoms with van der Waals surface area (Å²) in [6, 6.07) is 6.66.